The highest BCUT2D eigenvalue weighted by atomic mass is 19.1. The predicted molar refractivity (Wildman–Crippen MR) is 130 cm³/mol. The minimum atomic E-state index is -0.436. The van der Waals surface area contributed by atoms with Gasteiger partial charge in [0.2, 0.25) is 0 Å². The van der Waals surface area contributed by atoms with Crippen LogP contribution in [-0.4, -0.2) is 47.1 Å². The molecule has 4 rings (SSSR count). The van der Waals surface area contributed by atoms with Crippen molar-refractivity contribution < 1.29 is 9.18 Å². The summed E-state index contributed by atoms with van der Waals surface area (Å²) in [5.74, 6) is 1.49. The van der Waals surface area contributed by atoms with Gasteiger partial charge in [0.05, 0.1) is 5.69 Å². The summed E-state index contributed by atoms with van der Waals surface area (Å²) >= 11 is 0. The predicted octanol–water partition coefficient (Wildman–Crippen LogP) is 5.46. The topological polar surface area (TPSA) is 61.4 Å². The van der Waals surface area contributed by atoms with Gasteiger partial charge in [0.25, 0.3) is 0 Å². The van der Waals surface area contributed by atoms with E-state index >= 15 is 0 Å². The number of carbonyl (C=O) groups is 1. The first kappa shape index (κ1) is 22.7. The van der Waals surface area contributed by atoms with Gasteiger partial charge in [-0.15, -0.1) is 0 Å². The van der Waals surface area contributed by atoms with E-state index in [4.69, 9.17) is 9.97 Å². The number of amides is 2. The number of rotatable bonds is 4. The number of carbonyl (C=O) groups excluding carboxylic acids is 1. The Kier molecular flexibility index (Phi) is 6.87. The second-order valence-electron chi connectivity index (χ2n) is 8.63. The zero-order chi connectivity index (χ0) is 23.4. The molecule has 0 atom stereocenters. The van der Waals surface area contributed by atoms with Crippen LogP contribution >= 0.6 is 0 Å². The van der Waals surface area contributed by atoms with E-state index in [9.17, 15) is 9.18 Å². The number of halogens is 1. The number of hydrogen-bond acceptors (Lipinski definition) is 4. The van der Waals surface area contributed by atoms with Gasteiger partial charge >= 0.3 is 6.03 Å². The third-order valence-electron chi connectivity index (χ3n) is 5.92. The smallest absolute Gasteiger partial charge is 0.321 e. The molecule has 1 fully saturated rings. The fourth-order valence-electron chi connectivity index (χ4n) is 4.29. The quantitative estimate of drug-likeness (QED) is 0.577. The Labute approximate surface area is 194 Å². The summed E-state index contributed by atoms with van der Waals surface area (Å²) in [6, 6.07) is 15.9. The normalized spacial score (nSPS) is 14.3. The average Bonchev–Trinajstić information content (AvgIpc) is 3.07. The molecule has 0 radical (unpaired) electrons. The van der Waals surface area contributed by atoms with Crippen molar-refractivity contribution in [2.45, 2.75) is 33.1 Å². The zero-order valence-corrected chi connectivity index (χ0v) is 19.4. The molecule has 0 saturated carbocycles. The average molecular weight is 448 g/mol. The highest BCUT2D eigenvalue weighted by Gasteiger charge is 2.25. The van der Waals surface area contributed by atoms with Crippen LogP contribution in [0, 0.1) is 12.7 Å². The van der Waals surface area contributed by atoms with Gasteiger partial charge in [0.1, 0.15) is 11.6 Å². The molecule has 2 heterocycles. The third-order valence-corrected chi connectivity index (χ3v) is 5.92. The highest BCUT2D eigenvalue weighted by Crippen LogP contribution is 2.31. The molecule has 2 aromatic carbocycles. The van der Waals surface area contributed by atoms with Gasteiger partial charge < -0.3 is 15.1 Å². The van der Waals surface area contributed by atoms with Crippen molar-refractivity contribution >= 4 is 17.5 Å². The second kappa shape index (κ2) is 9.98. The molecule has 6 nitrogen and oxygen atoms in total. The van der Waals surface area contributed by atoms with Gasteiger partial charge in [-0.05, 0) is 31.4 Å². The molecule has 1 aliphatic heterocycles. The van der Waals surface area contributed by atoms with E-state index in [-0.39, 0.29) is 17.6 Å². The van der Waals surface area contributed by atoms with Crippen molar-refractivity contribution in [1.29, 1.82) is 0 Å². The van der Waals surface area contributed by atoms with E-state index in [2.05, 4.69) is 24.1 Å². The molecule has 3 aromatic rings. The molecular formula is C26H30FN5O. The second-order valence-corrected chi connectivity index (χ2v) is 8.63. The molecule has 1 saturated heterocycles. The maximum absolute atomic E-state index is 14.0. The minimum absolute atomic E-state index is 0.199. The maximum atomic E-state index is 14.0. The van der Waals surface area contributed by atoms with Crippen LogP contribution in [0.15, 0.2) is 54.6 Å². The number of para-hydroxylation sites is 1. The Morgan fingerprint density at radius 1 is 0.970 bits per heavy atom. The summed E-state index contributed by atoms with van der Waals surface area (Å²) in [5.41, 5.74) is 3.30. The van der Waals surface area contributed by atoms with Gasteiger partial charge in [-0.1, -0.05) is 56.3 Å². The summed E-state index contributed by atoms with van der Waals surface area (Å²) in [5, 5.41) is 2.70. The minimum Gasteiger partial charge on any atom is -0.354 e. The number of hydrogen-bond donors (Lipinski definition) is 1. The Hall–Kier alpha value is -3.48. The van der Waals surface area contributed by atoms with Crippen LogP contribution in [0.4, 0.5) is 20.7 Å². The summed E-state index contributed by atoms with van der Waals surface area (Å²) in [4.78, 5) is 26.6. The lowest BCUT2D eigenvalue weighted by Crippen LogP contribution is -2.38. The molecule has 33 heavy (non-hydrogen) atoms. The first-order valence-electron chi connectivity index (χ1n) is 11.4. The molecule has 1 N–H and O–H groups in total. The van der Waals surface area contributed by atoms with Crippen molar-refractivity contribution in [3.05, 3.63) is 71.7 Å². The lowest BCUT2D eigenvalue weighted by molar-refractivity contribution is 0.215. The fourth-order valence-corrected chi connectivity index (χ4v) is 4.29. The Morgan fingerprint density at radius 3 is 2.42 bits per heavy atom. The van der Waals surface area contributed by atoms with Gasteiger partial charge in [-0.2, -0.15) is 0 Å². The molecule has 172 valence electrons. The number of anilines is 2. The number of benzene rings is 2. The van der Waals surface area contributed by atoms with E-state index < -0.39 is 5.82 Å². The summed E-state index contributed by atoms with van der Waals surface area (Å²) in [7, 11) is 0. The Morgan fingerprint density at radius 2 is 1.70 bits per heavy atom. The van der Waals surface area contributed by atoms with Gasteiger partial charge in [-0.3, -0.25) is 0 Å². The number of nitrogens with one attached hydrogen (secondary N) is 1. The molecule has 7 heteroatoms. The van der Waals surface area contributed by atoms with E-state index in [0.717, 1.165) is 35.6 Å². The van der Waals surface area contributed by atoms with Crippen molar-refractivity contribution in [2.24, 2.45) is 0 Å². The number of nitrogens with zero attached hydrogens (tertiary/aromatic N) is 4. The van der Waals surface area contributed by atoms with Gasteiger partial charge in [0, 0.05) is 43.0 Å². The summed E-state index contributed by atoms with van der Waals surface area (Å²) in [6.07, 6.45) is 0.798. The molecule has 2 amide bonds. The van der Waals surface area contributed by atoms with E-state index in [1.807, 2.05) is 37.3 Å². The van der Waals surface area contributed by atoms with Crippen LogP contribution in [0.1, 0.15) is 37.4 Å². The number of aryl methyl sites for hydroxylation is 1. The van der Waals surface area contributed by atoms with Crippen molar-refractivity contribution in [2.75, 3.05) is 36.4 Å². The van der Waals surface area contributed by atoms with E-state index in [0.29, 0.717) is 25.5 Å². The first-order valence-corrected chi connectivity index (χ1v) is 11.4. The molecule has 1 aromatic heterocycles. The molecular weight excluding hydrogens is 417 g/mol. The van der Waals surface area contributed by atoms with Crippen LogP contribution in [-0.2, 0) is 0 Å². The molecule has 0 bridgehead atoms. The number of aromatic nitrogens is 2. The van der Waals surface area contributed by atoms with Crippen LogP contribution in [0.5, 0.6) is 0 Å². The third kappa shape index (κ3) is 5.13. The van der Waals surface area contributed by atoms with Crippen molar-refractivity contribution in [1.82, 2.24) is 14.9 Å². The lowest BCUT2D eigenvalue weighted by Gasteiger charge is -2.27. The van der Waals surface area contributed by atoms with E-state index in [1.54, 1.807) is 23.1 Å². The standard InChI is InChI=1S/C26H30FN5O/c1-18(2)23-19(3)28-24(20-10-5-4-6-11-20)30-25(23)31-14-9-15-32(17-16-31)26(33)29-22-13-8-7-12-21(22)27/h4-8,10-13,18H,9,14-17H2,1-3H3,(H,29,33). The van der Waals surface area contributed by atoms with Crippen LogP contribution in [0.2, 0.25) is 0 Å². The Balaban J connectivity index is 1.56. The highest BCUT2D eigenvalue weighted by molar-refractivity contribution is 5.89. The monoisotopic (exact) mass is 447 g/mol. The SMILES string of the molecule is Cc1nc(-c2ccccc2)nc(N2CCCN(C(=O)Nc3ccccc3F)CC2)c1C(C)C. The summed E-state index contributed by atoms with van der Waals surface area (Å²) in [6.45, 7) is 8.92. The molecule has 0 spiro atoms. The molecule has 0 unspecified atom stereocenters. The van der Waals surface area contributed by atoms with E-state index in [1.165, 1.54) is 6.07 Å². The van der Waals surface area contributed by atoms with Crippen molar-refractivity contribution in [3.63, 3.8) is 0 Å². The number of urea groups is 1. The fraction of sp³-hybridized carbons (Fsp3) is 0.346. The molecule has 0 aliphatic carbocycles. The van der Waals surface area contributed by atoms with Crippen LogP contribution in [0.3, 0.4) is 0 Å². The van der Waals surface area contributed by atoms with Crippen LogP contribution < -0.4 is 10.2 Å². The lowest BCUT2D eigenvalue weighted by atomic mass is 10.0. The van der Waals surface area contributed by atoms with Crippen LogP contribution in [0.25, 0.3) is 11.4 Å². The van der Waals surface area contributed by atoms with Gasteiger partial charge in [0.15, 0.2) is 5.82 Å². The largest absolute Gasteiger partial charge is 0.354 e. The van der Waals surface area contributed by atoms with Gasteiger partial charge in [-0.25, -0.2) is 19.2 Å². The summed E-state index contributed by atoms with van der Waals surface area (Å²) < 4.78 is 14.0. The zero-order valence-electron chi connectivity index (χ0n) is 19.4. The molecule has 1 aliphatic rings. The van der Waals surface area contributed by atoms with Crippen molar-refractivity contribution in [3.8, 4) is 11.4 Å². The maximum Gasteiger partial charge on any atom is 0.321 e. The Bertz CT molecular complexity index is 1120. The first-order chi connectivity index (χ1) is 15.9.